The Bertz CT molecular complexity index is 336. The number of carbonyl (C=O) groups is 2. The summed E-state index contributed by atoms with van der Waals surface area (Å²) in [4.78, 5) is 24.7. The van der Waals surface area contributed by atoms with Crippen LogP contribution in [0.25, 0.3) is 0 Å². The fraction of sp³-hybridized carbons (Fsp3) is 0.833. The van der Waals surface area contributed by atoms with Crippen molar-refractivity contribution in [1.82, 2.24) is 10.2 Å². The van der Waals surface area contributed by atoms with E-state index in [1.165, 1.54) is 0 Å². The summed E-state index contributed by atoms with van der Waals surface area (Å²) in [5.41, 5.74) is -0.381. The Morgan fingerprint density at radius 2 is 2.21 bits per heavy atom. The number of rotatable bonds is 5. The van der Waals surface area contributed by atoms with Gasteiger partial charge in [-0.2, -0.15) is 11.8 Å². The second-order valence-electron chi connectivity index (χ2n) is 5.15. The maximum Gasteiger partial charge on any atom is 0.326 e. The van der Waals surface area contributed by atoms with Crippen LogP contribution in [0.5, 0.6) is 0 Å². The van der Waals surface area contributed by atoms with Crippen LogP contribution in [0.3, 0.4) is 0 Å². The first-order valence-electron chi connectivity index (χ1n) is 6.27. The first-order chi connectivity index (χ1) is 8.85. The average Bonchev–Trinajstić information content (AvgIpc) is 2.32. The molecule has 0 aromatic carbocycles. The molecule has 0 aromatic heterocycles. The number of hydrogen-bond acceptors (Lipinski definition) is 4. The van der Waals surface area contributed by atoms with Crippen LogP contribution in [0.4, 0.5) is 4.79 Å². The number of carbonyl (C=O) groups excluding carboxylic acids is 1. The van der Waals surface area contributed by atoms with Crippen LogP contribution in [0.1, 0.15) is 20.3 Å². The number of thioether (sulfide) groups is 1. The molecule has 1 fully saturated rings. The van der Waals surface area contributed by atoms with Gasteiger partial charge in [-0.15, -0.1) is 0 Å². The molecule has 0 bridgehead atoms. The van der Waals surface area contributed by atoms with Gasteiger partial charge in [0.2, 0.25) is 0 Å². The van der Waals surface area contributed by atoms with Crippen molar-refractivity contribution in [3.63, 3.8) is 0 Å². The van der Waals surface area contributed by atoms with Crippen molar-refractivity contribution in [3.05, 3.63) is 0 Å². The molecule has 1 atom stereocenters. The van der Waals surface area contributed by atoms with E-state index in [4.69, 9.17) is 9.84 Å². The highest BCUT2D eigenvalue weighted by molar-refractivity contribution is 7.98. The second-order valence-corrected chi connectivity index (χ2v) is 6.14. The van der Waals surface area contributed by atoms with Gasteiger partial charge < -0.3 is 20.1 Å². The Labute approximate surface area is 117 Å². The van der Waals surface area contributed by atoms with E-state index in [2.05, 4.69) is 5.32 Å². The van der Waals surface area contributed by atoms with Gasteiger partial charge in [-0.05, 0) is 32.3 Å². The molecular formula is C12H22N2O4S. The largest absolute Gasteiger partial charge is 0.480 e. The van der Waals surface area contributed by atoms with E-state index in [0.29, 0.717) is 31.9 Å². The van der Waals surface area contributed by atoms with Crippen molar-refractivity contribution >= 4 is 23.8 Å². The van der Waals surface area contributed by atoms with E-state index < -0.39 is 12.0 Å². The van der Waals surface area contributed by atoms with Crippen LogP contribution in [-0.2, 0) is 9.53 Å². The molecule has 1 rings (SSSR count). The van der Waals surface area contributed by atoms with E-state index in [9.17, 15) is 9.59 Å². The number of aliphatic carboxylic acids is 1. The lowest BCUT2D eigenvalue weighted by atomic mass is 10.1. The van der Waals surface area contributed by atoms with Gasteiger partial charge in [0.25, 0.3) is 0 Å². The molecule has 2 amide bonds. The number of nitrogens with zero attached hydrogens (tertiary/aromatic N) is 1. The molecular weight excluding hydrogens is 268 g/mol. The third kappa shape index (κ3) is 5.28. The summed E-state index contributed by atoms with van der Waals surface area (Å²) in [6, 6.07) is -1.16. The molecule has 1 unspecified atom stereocenters. The minimum absolute atomic E-state index is 0.329. The number of carboxylic acid groups (broad SMARTS) is 1. The molecule has 0 saturated carbocycles. The number of ether oxygens (including phenoxy) is 1. The van der Waals surface area contributed by atoms with Crippen molar-refractivity contribution < 1.29 is 19.4 Å². The zero-order chi connectivity index (χ0) is 14.5. The molecule has 1 aliphatic heterocycles. The van der Waals surface area contributed by atoms with Gasteiger partial charge in [0.05, 0.1) is 18.8 Å². The highest BCUT2D eigenvalue weighted by Gasteiger charge is 2.31. The summed E-state index contributed by atoms with van der Waals surface area (Å²) in [7, 11) is 0. The van der Waals surface area contributed by atoms with E-state index in [-0.39, 0.29) is 11.6 Å². The Balaban J connectivity index is 2.54. The summed E-state index contributed by atoms with van der Waals surface area (Å²) >= 11 is 1.56. The molecule has 6 nitrogen and oxygen atoms in total. The van der Waals surface area contributed by atoms with E-state index >= 15 is 0 Å². The molecule has 1 saturated heterocycles. The number of morpholine rings is 1. The second kappa shape index (κ2) is 7.00. The lowest BCUT2D eigenvalue weighted by molar-refractivity contribution is -0.139. The van der Waals surface area contributed by atoms with Crippen LogP contribution in [0.15, 0.2) is 0 Å². The third-order valence-corrected chi connectivity index (χ3v) is 3.56. The Kier molecular flexibility index (Phi) is 5.93. The molecule has 0 spiro atoms. The Hall–Kier alpha value is -0.950. The quantitative estimate of drug-likeness (QED) is 0.790. The third-order valence-electron chi connectivity index (χ3n) is 2.92. The zero-order valence-corrected chi connectivity index (χ0v) is 12.5. The van der Waals surface area contributed by atoms with Gasteiger partial charge in [-0.25, -0.2) is 9.59 Å². The lowest BCUT2D eigenvalue weighted by Crippen LogP contribution is -2.56. The van der Waals surface area contributed by atoms with Crippen LogP contribution in [0.2, 0.25) is 0 Å². The van der Waals surface area contributed by atoms with Crippen LogP contribution in [0, 0.1) is 0 Å². The van der Waals surface area contributed by atoms with Gasteiger partial charge in [0, 0.05) is 6.54 Å². The van der Waals surface area contributed by atoms with Gasteiger partial charge in [0.15, 0.2) is 0 Å². The molecule has 0 aromatic rings. The number of hydrogen-bond donors (Lipinski definition) is 2. The summed E-state index contributed by atoms with van der Waals surface area (Å²) in [5, 5.41) is 11.7. The fourth-order valence-corrected chi connectivity index (χ4v) is 2.39. The van der Waals surface area contributed by atoms with Crippen molar-refractivity contribution in [2.24, 2.45) is 0 Å². The van der Waals surface area contributed by atoms with Crippen LogP contribution < -0.4 is 5.32 Å². The first-order valence-corrected chi connectivity index (χ1v) is 7.66. The smallest absolute Gasteiger partial charge is 0.326 e. The maximum absolute atomic E-state index is 12.1. The topological polar surface area (TPSA) is 78.9 Å². The summed E-state index contributed by atoms with van der Waals surface area (Å²) < 4.78 is 5.52. The van der Waals surface area contributed by atoms with Gasteiger partial charge in [-0.1, -0.05) is 0 Å². The number of nitrogens with one attached hydrogen (secondary N) is 1. The number of amides is 2. The minimum atomic E-state index is -0.991. The van der Waals surface area contributed by atoms with Crippen molar-refractivity contribution in [2.45, 2.75) is 31.9 Å². The lowest BCUT2D eigenvalue weighted by Gasteiger charge is -2.38. The number of carboxylic acids is 1. The summed E-state index contributed by atoms with van der Waals surface area (Å²) in [6.45, 7) is 5.25. The van der Waals surface area contributed by atoms with E-state index in [0.717, 1.165) is 0 Å². The molecule has 7 heteroatoms. The van der Waals surface area contributed by atoms with Crippen LogP contribution >= 0.6 is 11.8 Å². The molecule has 19 heavy (non-hydrogen) atoms. The molecule has 0 aliphatic carbocycles. The summed E-state index contributed by atoms with van der Waals surface area (Å²) in [6.07, 6.45) is 2.33. The molecule has 0 radical (unpaired) electrons. The fourth-order valence-electron chi connectivity index (χ4n) is 1.92. The zero-order valence-electron chi connectivity index (χ0n) is 11.6. The SMILES string of the molecule is CSCCC(NC(=O)N1CCOC(C)(C)C1)C(=O)O. The highest BCUT2D eigenvalue weighted by Crippen LogP contribution is 2.16. The predicted molar refractivity (Wildman–Crippen MR) is 74.6 cm³/mol. The molecule has 110 valence electrons. The first kappa shape index (κ1) is 16.1. The maximum atomic E-state index is 12.1. The monoisotopic (exact) mass is 290 g/mol. The van der Waals surface area contributed by atoms with Crippen LogP contribution in [-0.4, -0.2) is 65.4 Å². The van der Waals surface area contributed by atoms with Gasteiger partial charge in [0.1, 0.15) is 6.04 Å². The highest BCUT2D eigenvalue weighted by atomic mass is 32.2. The molecule has 1 heterocycles. The van der Waals surface area contributed by atoms with Crippen molar-refractivity contribution in [1.29, 1.82) is 0 Å². The number of urea groups is 1. The Morgan fingerprint density at radius 3 is 2.74 bits per heavy atom. The van der Waals surface area contributed by atoms with Gasteiger partial charge in [-0.3, -0.25) is 0 Å². The van der Waals surface area contributed by atoms with E-state index in [1.807, 2.05) is 20.1 Å². The summed E-state index contributed by atoms with van der Waals surface area (Å²) in [5.74, 6) is -0.291. The normalized spacial score (nSPS) is 19.8. The average molecular weight is 290 g/mol. The molecule has 2 N–H and O–H groups in total. The standard InChI is InChI=1S/C12H22N2O4S/c1-12(2)8-14(5-6-18-12)11(17)13-9(10(15)16)4-7-19-3/h9H,4-8H2,1-3H3,(H,13,17)(H,15,16). The Morgan fingerprint density at radius 1 is 1.53 bits per heavy atom. The van der Waals surface area contributed by atoms with Crippen molar-refractivity contribution in [2.75, 3.05) is 31.7 Å². The van der Waals surface area contributed by atoms with E-state index in [1.54, 1.807) is 16.7 Å². The predicted octanol–water partition coefficient (Wildman–Crippen LogP) is 1.01. The van der Waals surface area contributed by atoms with Gasteiger partial charge >= 0.3 is 12.0 Å². The molecule has 1 aliphatic rings. The van der Waals surface area contributed by atoms with Crippen molar-refractivity contribution in [3.8, 4) is 0 Å². The minimum Gasteiger partial charge on any atom is -0.480 e.